The van der Waals surface area contributed by atoms with Gasteiger partial charge in [-0.05, 0) is 49.9 Å². The van der Waals surface area contributed by atoms with E-state index in [9.17, 15) is 9.59 Å². The molecule has 0 spiro atoms. The molecular weight excluding hydrogens is 394 g/mol. The fourth-order valence-electron chi connectivity index (χ4n) is 3.87. The number of thiazole rings is 1. The molecule has 4 rings (SSSR count). The molecule has 0 N–H and O–H groups in total. The van der Waals surface area contributed by atoms with Crippen molar-refractivity contribution in [1.29, 1.82) is 0 Å². The molecule has 6 heteroatoms. The normalized spacial score (nSPS) is 14.7. The summed E-state index contributed by atoms with van der Waals surface area (Å²) in [5.74, 6) is 0.258. The van der Waals surface area contributed by atoms with Crippen molar-refractivity contribution in [3.63, 3.8) is 0 Å². The third kappa shape index (κ3) is 5.05. The van der Waals surface area contributed by atoms with Crippen LogP contribution in [0.1, 0.15) is 41.0 Å². The summed E-state index contributed by atoms with van der Waals surface area (Å²) >= 11 is 1.74. The fourth-order valence-corrected chi connectivity index (χ4v) is 4.88. The molecule has 0 radical (unpaired) electrons. The van der Waals surface area contributed by atoms with Crippen molar-refractivity contribution in [3.8, 4) is 0 Å². The van der Waals surface area contributed by atoms with Crippen LogP contribution in [0.4, 0.5) is 0 Å². The van der Waals surface area contributed by atoms with Gasteiger partial charge in [0.05, 0.1) is 15.2 Å². The van der Waals surface area contributed by atoms with Gasteiger partial charge in [-0.1, -0.05) is 30.3 Å². The van der Waals surface area contributed by atoms with Gasteiger partial charge in [-0.2, -0.15) is 0 Å². The Bertz CT molecular complexity index is 969. The maximum atomic E-state index is 12.7. The van der Waals surface area contributed by atoms with Crippen molar-refractivity contribution in [2.24, 2.45) is 0 Å². The minimum absolute atomic E-state index is 0.0562. The van der Waals surface area contributed by atoms with Crippen molar-refractivity contribution >= 4 is 33.4 Å². The van der Waals surface area contributed by atoms with E-state index in [-0.39, 0.29) is 11.8 Å². The Balaban J connectivity index is 1.21. The zero-order valence-electron chi connectivity index (χ0n) is 17.1. The summed E-state index contributed by atoms with van der Waals surface area (Å²) in [6, 6.07) is 17.6. The van der Waals surface area contributed by atoms with Gasteiger partial charge in [0.15, 0.2) is 0 Å². The molecule has 156 valence electrons. The van der Waals surface area contributed by atoms with E-state index in [2.05, 4.69) is 11.1 Å². The SMILES string of the molecule is O=C(CCCCc1nc2ccccc2s1)N1CCCN(C(=O)c2ccccc2)CC1. The first-order chi connectivity index (χ1) is 14.7. The molecule has 1 aliphatic rings. The number of amides is 2. The highest BCUT2D eigenvalue weighted by Crippen LogP contribution is 2.23. The number of benzene rings is 2. The number of hydrogen-bond donors (Lipinski definition) is 0. The number of aryl methyl sites for hydroxylation is 1. The molecule has 1 fully saturated rings. The van der Waals surface area contributed by atoms with Crippen LogP contribution in [0.25, 0.3) is 10.2 Å². The molecule has 2 heterocycles. The van der Waals surface area contributed by atoms with E-state index in [4.69, 9.17) is 0 Å². The Hall–Kier alpha value is -2.73. The van der Waals surface area contributed by atoms with Crippen LogP contribution in [-0.4, -0.2) is 52.8 Å². The van der Waals surface area contributed by atoms with Crippen molar-refractivity contribution in [3.05, 3.63) is 65.2 Å². The Morgan fingerprint density at radius 1 is 0.867 bits per heavy atom. The molecule has 1 aliphatic heterocycles. The van der Waals surface area contributed by atoms with Crippen LogP contribution >= 0.6 is 11.3 Å². The third-order valence-corrected chi connectivity index (χ3v) is 6.62. The van der Waals surface area contributed by atoms with E-state index in [1.807, 2.05) is 58.3 Å². The van der Waals surface area contributed by atoms with Gasteiger partial charge in [0.1, 0.15) is 0 Å². The van der Waals surface area contributed by atoms with E-state index in [0.717, 1.165) is 42.8 Å². The topological polar surface area (TPSA) is 53.5 Å². The van der Waals surface area contributed by atoms with Crippen LogP contribution in [0.15, 0.2) is 54.6 Å². The summed E-state index contributed by atoms with van der Waals surface area (Å²) in [6.45, 7) is 2.66. The molecule has 1 aromatic heterocycles. The Labute approximate surface area is 181 Å². The van der Waals surface area contributed by atoms with Crippen LogP contribution in [-0.2, 0) is 11.2 Å². The van der Waals surface area contributed by atoms with Crippen LogP contribution in [0.2, 0.25) is 0 Å². The standard InChI is InChI=1S/C24H27N3O2S/c28-23(14-7-6-13-22-25-20-11-4-5-12-21(20)30-22)26-15-8-16-27(18-17-26)24(29)19-9-2-1-3-10-19/h1-5,9-12H,6-8,13-18H2. The molecular formula is C24H27N3O2S. The zero-order valence-corrected chi connectivity index (χ0v) is 17.9. The molecule has 5 nitrogen and oxygen atoms in total. The van der Waals surface area contributed by atoms with Gasteiger partial charge in [-0.3, -0.25) is 9.59 Å². The maximum absolute atomic E-state index is 12.7. The van der Waals surface area contributed by atoms with Crippen molar-refractivity contribution < 1.29 is 9.59 Å². The highest BCUT2D eigenvalue weighted by atomic mass is 32.1. The van der Waals surface area contributed by atoms with Gasteiger partial charge in [0.2, 0.25) is 5.91 Å². The Morgan fingerprint density at radius 3 is 2.43 bits per heavy atom. The molecule has 0 bridgehead atoms. The van der Waals surface area contributed by atoms with E-state index in [0.29, 0.717) is 31.6 Å². The summed E-state index contributed by atoms with van der Waals surface area (Å²) in [6.07, 6.45) is 4.16. The van der Waals surface area contributed by atoms with Gasteiger partial charge in [0, 0.05) is 38.2 Å². The van der Waals surface area contributed by atoms with E-state index in [1.54, 1.807) is 11.3 Å². The number of unbranched alkanes of at least 4 members (excludes halogenated alkanes) is 1. The molecule has 3 aromatic rings. The number of rotatable bonds is 6. The molecule has 0 aliphatic carbocycles. The molecule has 30 heavy (non-hydrogen) atoms. The monoisotopic (exact) mass is 421 g/mol. The highest BCUT2D eigenvalue weighted by molar-refractivity contribution is 7.18. The van der Waals surface area contributed by atoms with Crippen LogP contribution in [0.5, 0.6) is 0 Å². The lowest BCUT2D eigenvalue weighted by molar-refractivity contribution is -0.131. The highest BCUT2D eigenvalue weighted by Gasteiger charge is 2.22. The van der Waals surface area contributed by atoms with Gasteiger partial charge in [-0.25, -0.2) is 4.98 Å². The Morgan fingerprint density at radius 2 is 1.60 bits per heavy atom. The first-order valence-corrected chi connectivity index (χ1v) is 11.5. The van der Waals surface area contributed by atoms with Gasteiger partial charge in [-0.15, -0.1) is 11.3 Å². The zero-order chi connectivity index (χ0) is 20.8. The van der Waals surface area contributed by atoms with E-state index >= 15 is 0 Å². The summed E-state index contributed by atoms with van der Waals surface area (Å²) in [7, 11) is 0. The molecule has 2 aromatic carbocycles. The van der Waals surface area contributed by atoms with Gasteiger partial charge >= 0.3 is 0 Å². The Kier molecular flexibility index (Phi) is 6.74. The second-order valence-corrected chi connectivity index (χ2v) is 8.79. The fraction of sp³-hybridized carbons (Fsp3) is 0.375. The lowest BCUT2D eigenvalue weighted by Gasteiger charge is -2.22. The number of aromatic nitrogens is 1. The minimum atomic E-state index is 0.0562. The van der Waals surface area contributed by atoms with Crippen molar-refractivity contribution in [2.45, 2.75) is 32.1 Å². The maximum Gasteiger partial charge on any atom is 0.253 e. The average molecular weight is 422 g/mol. The van der Waals surface area contributed by atoms with Crippen LogP contribution in [0.3, 0.4) is 0 Å². The second kappa shape index (κ2) is 9.85. The lowest BCUT2D eigenvalue weighted by Crippen LogP contribution is -2.37. The molecule has 2 amide bonds. The molecule has 0 saturated carbocycles. The number of nitrogens with zero attached hydrogens (tertiary/aromatic N) is 3. The van der Waals surface area contributed by atoms with Gasteiger partial charge < -0.3 is 9.80 Å². The number of fused-ring (bicyclic) bond motifs is 1. The largest absolute Gasteiger partial charge is 0.341 e. The minimum Gasteiger partial charge on any atom is -0.341 e. The summed E-state index contributed by atoms with van der Waals surface area (Å²) in [5, 5.41) is 1.15. The summed E-state index contributed by atoms with van der Waals surface area (Å²) in [5.41, 5.74) is 1.78. The van der Waals surface area contributed by atoms with Crippen molar-refractivity contribution in [2.75, 3.05) is 26.2 Å². The smallest absolute Gasteiger partial charge is 0.253 e. The molecule has 0 atom stereocenters. The van der Waals surface area contributed by atoms with Crippen molar-refractivity contribution in [1.82, 2.24) is 14.8 Å². The lowest BCUT2D eigenvalue weighted by atomic mass is 10.2. The van der Waals surface area contributed by atoms with Crippen LogP contribution in [0, 0.1) is 0 Å². The second-order valence-electron chi connectivity index (χ2n) is 7.68. The van der Waals surface area contributed by atoms with E-state index in [1.165, 1.54) is 4.70 Å². The number of para-hydroxylation sites is 1. The number of carbonyl (C=O) groups is 2. The van der Waals surface area contributed by atoms with Gasteiger partial charge in [0.25, 0.3) is 5.91 Å². The number of carbonyl (C=O) groups excluding carboxylic acids is 2. The summed E-state index contributed by atoms with van der Waals surface area (Å²) < 4.78 is 1.22. The first kappa shape index (κ1) is 20.5. The predicted octanol–water partition coefficient (Wildman–Crippen LogP) is 4.38. The van der Waals surface area contributed by atoms with E-state index < -0.39 is 0 Å². The molecule has 1 saturated heterocycles. The number of hydrogen-bond acceptors (Lipinski definition) is 4. The predicted molar refractivity (Wildman–Crippen MR) is 121 cm³/mol. The van der Waals surface area contributed by atoms with Crippen LogP contribution < -0.4 is 0 Å². The summed E-state index contributed by atoms with van der Waals surface area (Å²) in [4.78, 5) is 33.8. The molecule has 0 unspecified atom stereocenters. The third-order valence-electron chi connectivity index (χ3n) is 5.53. The quantitative estimate of drug-likeness (QED) is 0.555. The average Bonchev–Trinajstić information content (AvgIpc) is 3.03. The first-order valence-electron chi connectivity index (χ1n) is 10.7.